The van der Waals surface area contributed by atoms with Crippen LogP contribution >= 0.6 is 0 Å². The molecule has 0 bridgehead atoms. The van der Waals surface area contributed by atoms with E-state index in [-0.39, 0.29) is 11.5 Å². The lowest BCUT2D eigenvalue weighted by Crippen LogP contribution is -2.13. The summed E-state index contributed by atoms with van der Waals surface area (Å²) >= 11 is 0. The van der Waals surface area contributed by atoms with Crippen LogP contribution in [0, 0.1) is 5.82 Å². The van der Waals surface area contributed by atoms with Crippen molar-refractivity contribution in [3.05, 3.63) is 29.1 Å². The van der Waals surface area contributed by atoms with Crippen LogP contribution < -0.4 is 0 Å². The van der Waals surface area contributed by atoms with Crippen LogP contribution in [0.2, 0.25) is 0 Å². The van der Waals surface area contributed by atoms with Gasteiger partial charge in [-0.15, -0.1) is 0 Å². The molecule has 6 heteroatoms. The molecule has 1 atom stereocenters. The number of benzene rings is 1. The van der Waals surface area contributed by atoms with Gasteiger partial charge in [0.25, 0.3) is 0 Å². The van der Waals surface area contributed by atoms with Gasteiger partial charge in [0.1, 0.15) is 4.90 Å². The predicted molar refractivity (Wildman–Crippen MR) is 69.6 cm³/mol. The zero-order valence-corrected chi connectivity index (χ0v) is 12.2. The van der Waals surface area contributed by atoms with Gasteiger partial charge in [0.15, 0.2) is 15.7 Å². The fourth-order valence-corrected chi connectivity index (χ4v) is 2.96. The van der Waals surface area contributed by atoms with E-state index in [4.69, 9.17) is 0 Å². The minimum absolute atomic E-state index is 0.120. The molecule has 0 radical (unpaired) electrons. The van der Waals surface area contributed by atoms with Gasteiger partial charge in [0.05, 0.1) is 12.7 Å². The standard InChI is InChI=1S/C13H17FO4S/c1-5-8(2)9-6-7-10(13(15)18-3)11(14)12(9)19(4,16)17/h6-8H,5H2,1-4H3. The summed E-state index contributed by atoms with van der Waals surface area (Å²) in [4.78, 5) is 11.0. The Labute approximate surface area is 112 Å². The molecule has 19 heavy (non-hydrogen) atoms. The van der Waals surface area contributed by atoms with Crippen molar-refractivity contribution in [2.24, 2.45) is 0 Å². The highest BCUT2D eigenvalue weighted by molar-refractivity contribution is 7.90. The van der Waals surface area contributed by atoms with Crippen molar-refractivity contribution >= 4 is 15.8 Å². The summed E-state index contributed by atoms with van der Waals surface area (Å²) in [6.07, 6.45) is 1.60. The van der Waals surface area contributed by atoms with Crippen LogP contribution in [0.4, 0.5) is 4.39 Å². The zero-order valence-electron chi connectivity index (χ0n) is 11.4. The summed E-state index contributed by atoms with van der Waals surface area (Å²) < 4.78 is 42.3. The van der Waals surface area contributed by atoms with Gasteiger partial charge in [-0.3, -0.25) is 0 Å². The SMILES string of the molecule is CCC(C)c1ccc(C(=O)OC)c(F)c1S(C)(=O)=O. The Morgan fingerprint density at radius 3 is 2.42 bits per heavy atom. The molecule has 1 aromatic carbocycles. The number of hydrogen-bond donors (Lipinski definition) is 0. The second-order valence-electron chi connectivity index (χ2n) is 4.42. The molecule has 106 valence electrons. The van der Waals surface area contributed by atoms with Gasteiger partial charge in [0, 0.05) is 6.26 Å². The largest absolute Gasteiger partial charge is 0.465 e. The summed E-state index contributed by atoms with van der Waals surface area (Å²) in [6.45, 7) is 3.68. The third-order valence-electron chi connectivity index (χ3n) is 3.05. The van der Waals surface area contributed by atoms with Gasteiger partial charge in [-0.05, 0) is 24.0 Å². The molecule has 1 unspecified atom stereocenters. The minimum Gasteiger partial charge on any atom is -0.465 e. The number of halogens is 1. The Morgan fingerprint density at radius 1 is 1.42 bits per heavy atom. The number of carbonyl (C=O) groups is 1. The Hall–Kier alpha value is -1.43. The van der Waals surface area contributed by atoms with E-state index < -0.39 is 26.5 Å². The Bertz CT molecular complexity index is 593. The van der Waals surface area contributed by atoms with Crippen molar-refractivity contribution in [3.63, 3.8) is 0 Å². The highest BCUT2D eigenvalue weighted by atomic mass is 32.2. The molecule has 0 heterocycles. The van der Waals surface area contributed by atoms with E-state index in [1.54, 1.807) is 6.92 Å². The number of rotatable bonds is 4. The summed E-state index contributed by atoms with van der Waals surface area (Å²) in [5, 5.41) is 0. The third-order valence-corrected chi connectivity index (χ3v) is 4.20. The predicted octanol–water partition coefficient (Wildman–Crippen LogP) is 2.53. The molecule has 0 fully saturated rings. The van der Waals surface area contributed by atoms with E-state index in [1.165, 1.54) is 12.1 Å². The summed E-state index contributed by atoms with van der Waals surface area (Å²) in [6, 6.07) is 2.73. The molecule has 1 aromatic rings. The van der Waals surface area contributed by atoms with Crippen molar-refractivity contribution < 1.29 is 22.3 Å². The molecule has 0 spiro atoms. The Balaban J connectivity index is 3.64. The maximum absolute atomic E-state index is 14.3. The van der Waals surface area contributed by atoms with Gasteiger partial charge in [-0.1, -0.05) is 19.9 Å². The number of methoxy groups -OCH3 is 1. The molecule has 0 saturated carbocycles. The van der Waals surface area contributed by atoms with Crippen molar-refractivity contribution in [3.8, 4) is 0 Å². The van der Waals surface area contributed by atoms with Crippen molar-refractivity contribution in [2.45, 2.75) is 31.1 Å². The third kappa shape index (κ3) is 3.12. The van der Waals surface area contributed by atoms with Crippen LogP contribution in [0.15, 0.2) is 17.0 Å². The molecule has 1 rings (SSSR count). The maximum atomic E-state index is 14.3. The first-order chi connectivity index (χ1) is 8.73. The van der Waals surface area contributed by atoms with E-state index in [1.807, 2.05) is 6.92 Å². The van der Waals surface area contributed by atoms with Crippen LogP contribution in [-0.4, -0.2) is 27.8 Å². The van der Waals surface area contributed by atoms with E-state index in [2.05, 4.69) is 4.74 Å². The molecule has 0 aliphatic rings. The van der Waals surface area contributed by atoms with Crippen LogP contribution in [0.3, 0.4) is 0 Å². The molecule has 0 aromatic heterocycles. The Morgan fingerprint density at radius 2 is 2.00 bits per heavy atom. The van der Waals surface area contributed by atoms with Crippen LogP contribution in [0.1, 0.15) is 42.1 Å². The number of carbonyl (C=O) groups excluding carboxylic acids is 1. The molecule has 0 saturated heterocycles. The highest BCUT2D eigenvalue weighted by Gasteiger charge is 2.26. The number of sulfone groups is 1. The van der Waals surface area contributed by atoms with Crippen LogP contribution in [0.25, 0.3) is 0 Å². The molecule has 4 nitrogen and oxygen atoms in total. The quantitative estimate of drug-likeness (QED) is 0.799. The second kappa shape index (κ2) is 5.69. The monoisotopic (exact) mass is 288 g/mol. The van der Waals surface area contributed by atoms with Crippen LogP contribution in [0.5, 0.6) is 0 Å². The van der Waals surface area contributed by atoms with Gasteiger partial charge in [-0.2, -0.15) is 0 Å². The van der Waals surface area contributed by atoms with E-state index in [0.29, 0.717) is 12.0 Å². The average Bonchev–Trinajstić information content (AvgIpc) is 2.34. The summed E-state index contributed by atoms with van der Waals surface area (Å²) in [5.41, 5.74) is 0.0186. The van der Waals surface area contributed by atoms with Crippen molar-refractivity contribution in [1.29, 1.82) is 0 Å². The summed E-state index contributed by atoms with van der Waals surface area (Å²) in [5.74, 6) is -2.05. The lowest BCUT2D eigenvalue weighted by Gasteiger charge is -2.16. The highest BCUT2D eigenvalue weighted by Crippen LogP contribution is 2.30. The molecule has 0 amide bonds. The maximum Gasteiger partial charge on any atom is 0.340 e. The zero-order chi connectivity index (χ0) is 14.8. The van der Waals surface area contributed by atoms with Crippen molar-refractivity contribution in [2.75, 3.05) is 13.4 Å². The topological polar surface area (TPSA) is 60.4 Å². The van der Waals surface area contributed by atoms with E-state index in [0.717, 1.165) is 13.4 Å². The molecular weight excluding hydrogens is 271 g/mol. The lowest BCUT2D eigenvalue weighted by molar-refractivity contribution is 0.0594. The molecule has 0 aliphatic heterocycles. The van der Waals surface area contributed by atoms with E-state index in [9.17, 15) is 17.6 Å². The molecular formula is C13H17FO4S. The molecule has 0 N–H and O–H groups in total. The van der Waals surface area contributed by atoms with Gasteiger partial charge in [0.2, 0.25) is 0 Å². The normalized spacial score (nSPS) is 13.1. The Kier molecular flexibility index (Phi) is 4.68. The number of esters is 1. The van der Waals surface area contributed by atoms with Gasteiger partial charge >= 0.3 is 5.97 Å². The number of ether oxygens (including phenoxy) is 1. The van der Waals surface area contributed by atoms with Gasteiger partial charge < -0.3 is 4.74 Å². The molecule has 0 aliphatic carbocycles. The average molecular weight is 288 g/mol. The van der Waals surface area contributed by atoms with Crippen LogP contribution in [-0.2, 0) is 14.6 Å². The minimum atomic E-state index is -3.77. The lowest BCUT2D eigenvalue weighted by atomic mass is 9.97. The second-order valence-corrected chi connectivity index (χ2v) is 6.37. The van der Waals surface area contributed by atoms with Gasteiger partial charge in [-0.25, -0.2) is 17.6 Å². The number of hydrogen-bond acceptors (Lipinski definition) is 4. The first-order valence-electron chi connectivity index (χ1n) is 5.84. The van der Waals surface area contributed by atoms with E-state index >= 15 is 0 Å². The smallest absolute Gasteiger partial charge is 0.340 e. The summed E-state index contributed by atoms with van der Waals surface area (Å²) in [7, 11) is -2.65. The van der Waals surface area contributed by atoms with Crippen molar-refractivity contribution in [1.82, 2.24) is 0 Å². The fourth-order valence-electron chi connectivity index (χ4n) is 1.82. The fraction of sp³-hybridized carbons (Fsp3) is 0.462. The first-order valence-corrected chi connectivity index (χ1v) is 7.73. The first kappa shape index (κ1) is 15.6.